The molecule has 0 spiro atoms. The number of rotatable bonds is 7. The molecule has 0 bridgehead atoms. The molecule has 1 amide bonds. The van der Waals surface area contributed by atoms with Crippen LogP contribution in [0.5, 0.6) is 0 Å². The van der Waals surface area contributed by atoms with Crippen LogP contribution in [-0.4, -0.2) is 31.5 Å². The zero-order valence-corrected chi connectivity index (χ0v) is 14.1. The maximum absolute atomic E-state index is 12.0. The van der Waals surface area contributed by atoms with Crippen LogP contribution in [0.1, 0.15) is 32.8 Å². The number of hydrogen-bond acceptors (Lipinski definition) is 2. The molecule has 1 aromatic carbocycles. The SMILES string of the molecule is C#Cc1cccc(NC(=O)CN=C(NCC)NCCC(C)C)c1. The van der Waals surface area contributed by atoms with Crippen molar-refractivity contribution in [1.82, 2.24) is 10.6 Å². The predicted octanol–water partition coefficient (Wildman–Crippen LogP) is 2.21. The van der Waals surface area contributed by atoms with Gasteiger partial charge in [0.1, 0.15) is 6.54 Å². The molecule has 23 heavy (non-hydrogen) atoms. The highest BCUT2D eigenvalue weighted by Gasteiger charge is 2.04. The Morgan fingerprint density at radius 3 is 2.78 bits per heavy atom. The number of nitrogens with one attached hydrogen (secondary N) is 3. The molecule has 0 aliphatic carbocycles. The highest BCUT2D eigenvalue weighted by molar-refractivity contribution is 5.94. The molecule has 3 N–H and O–H groups in total. The van der Waals surface area contributed by atoms with Crippen LogP contribution in [0.4, 0.5) is 5.69 Å². The Labute approximate surface area is 139 Å². The number of benzene rings is 1. The van der Waals surface area contributed by atoms with Crippen molar-refractivity contribution in [2.45, 2.75) is 27.2 Å². The number of nitrogens with zero attached hydrogens (tertiary/aromatic N) is 1. The van der Waals surface area contributed by atoms with E-state index in [9.17, 15) is 4.79 Å². The molecule has 0 saturated heterocycles. The maximum Gasteiger partial charge on any atom is 0.246 e. The Morgan fingerprint density at radius 1 is 1.35 bits per heavy atom. The Morgan fingerprint density at radius 2 is 2.13 bits per heavy atom. The molecule has 124 valence electrons. The van der Waals surface area contributed by atoms with Gasteiger partial charge in [0.05, 0.1) is 0 Å². The van der Waals surface area contributed by atoms with Crippen molar-refractivity contribution in [3.05, 3.63) is 29.8 Å². The summed E-state index contributed by atoms with van der Waals surface area (Å²) in [7, 11) is 0. The van der Waals surface area contributed by atoms with Gasteiger partial charge >= 0.3 is 0 Å². The smallest absolute Gasteiger partial charge is 0.246 e. The second-order valence-corrected chi connectivity index (χ2v) is 5.58. The summed E-state index contributed by atoms with van der Waals surface area (Å²) in [6, 6.07) is 7.18. The molecule has 0 radical (unpaired) electrons. The number of carbonyl (C=O) groups excluding carboxylic acids is 1. The van der Waals surface area contributed by atoms with E-state index in [2.05, 4.69) is 40.7 Å². The molecule has 1 aromatic rings. The number of carbonyl (C=O) groups is 1. The second kappa shape index (κ2) is 10.3. The van der Waals surface area contributed by atoms with Crippen molar-refractivity contribution in [3.63, 3.8) is 0 Å². The largest absolute Gasteiger partial charge is 0.357 e. The zero-order chi connectivity index (χ0) is 17.1. The van der Waals surface area contributed by atoms with Crippen molar-refractivity contribution in [2.24, 2.45) is 10.9 Å². The van der Waals surface area contributed by atoms with Crippen molar-refractivity contribution >= 4 is 17.6 Å². The summed E-state index contributed by atoms with van der Waals surface area (Å²) in [4.78, 5) is 16.3. The quantitative estimate of drug-likeness (QED) is 0.411. The van der Waals surface area contributed by atoms with Gasteiger partial charge in [0.15, 0.2) is 5.96 Å². The molecule has 5 nitrogen and oxygen atoms in total. The lowest BCUT2D eigenvalue weighted by Crippen LogP contribution is -2.38. The summed E-state index contributed by atoms with van der Waals surface area (Å²) in [5.41, 5.74) is 1.41. The molecule has 0 heterocycles. The Balaban J connectivity index is 2.53. The van der Waals surface area contributed by atoms with E-state index < -0.39 is 0 Å². The standard InChI is InChI=1S/C18H26N4O/c1-5-15-8-7-9-16(12-15)22-17(23)13-21-18(19-6-2)20-11-10-14(3)4/h1,7-9,12,14H,6,10-11,13H2,2-4H3,(H,22,23)(H2,19,20,21). The third-order valence-corrected chi connectivity index (χ3v) is 3.05. The lowest BCUT2D eigenvalue weighted by molar-refractivity contribution is -0.114. The minimum absolute atomic E-state index is 0.0529. The van der Waals surface area contributed by atoms with Crippen molar-refractivity contribution in [1.29, 1.82) is 0 Å². The van der Waals surface area contributed by atoms with Crippen LogP contribution in [0.25, 0.3) is 0 Å². The van der Waals surface area contributed by atoms with Crippen LogP contribution < -0.4 is 16.0 Å². The van der Waals surface area contributed by atoms with Crippen LogP contribution >= 0.6 is 0 Å². The van der Waals surface area contributed by atoms with Gasteiger partial charge in [0.25, 0.3) is 0 Å². The van der Waals surface area contributed by atoms with E-state index in [1.807, 2.05) is 19.1 Å². The van der Waals surface area contributed by atoms with Gasteiger partial charge in [-0.2, -0.15) is 0 Å². The average Bonchev–Trinajstić information content (AvgIpc) is 2.52. The molecule has 5 heteroatoms. The maximum atomic E-state index is 12.0. The summed E-state index contributed by atoms with van der Waals surface area (Å²) in [6.45, 7) is 7.96. The average molecular weight is 314 g/mol. The summed E-state index contributed by atoms with van der Waals surface area (Å²) in [5, 5.41) is 9.14. The predicted molar refractivity (Wildman–Crippen MR) is 96.4 cm³/mol. The van der Waals surface area contributed by atoms with Crippen LogP contribution in [0.15, 0.2) is 29.3 Å². The third-order valence-electron chi connectivity index (χ3n) is 3.05. The topological polar surface area (TPSA) is 65.5 Å². The van der Waals surface area contributed by atoms with Gasteiger partial charge in [-0.25, -0.2) is 4.99 Å². The zero-order valence-electron chi connectivity index (χ0n) is 14.1. The summed E-state index contributed by atoms with van der Waals surface area (Å²) >= 11 is 0. The highest BCUT2D eigenvalue weighted by atomic mass is 16.1. The monoisotopic (exact) mass is 314 g/mol. The fraction of sp³-hybridized carbons (Fsp3) is 0.444. The van der Waals surface area contributed by atoms with E-state index in [1.165, 1.54) is 0 Å². The van der Waals surface area contributed by atoms with Gasteiger partial charge in [0, 0.05) is 24.3 Å². The highest BCUT2D eigenvalue weighted by Crippen LogP contribution is 2.09. The molecular formula is C18H26N4O. The van der Waals surface area contributed by atoms with Gasteiger partial charge < -0.3 is 16.0 Å². The van der Waals surface area contributed by atoms with Gasteiger partial charge in [0.2, 0.25) is 5.91 Å². The van der Waals surface area contributed by atoms with E-state index in [1.54, 1.807) is 12.1 Å². The van der Waals surface area contributed by atoms with Crippen LogP contribution in [-0.2, 0) is 4.79 Å². The Hall–Kier alpha value is -2.48. The van der Waals surface area contributed by atoms with E-state index in [4.69, 9.17) is 6.42 Å². The molecule has 0 saturated carbocycles. The summed E-state index contributed by atoms with van der Waals surface area (Å²) < 4.78 is 0. The second-order valence-electron chi connectivity index (χ2n) is 5.58. The van der Waals surface area contributed by atoms with Crippen LogP contribution in [0.2, 0.25) is 0 Å². The van der Waals surface area contributed by atoms with Crippen molar-refractivity contribution in [3.8, 4) is 12.3 Å². The molecule has 0 atom stereocenters. The summed E-state index contributed by atoms with van der Waals surface area (Å²) in [5.74, 6) is 3.64. The molecule has 1 rings (SSSR count). The van der Waals surface area contributed by atoms with E-state index >= 15 is 0 Å². The molecule has 0 aliphatic heterocycles. The third kappa shape index (κ3) is 7.91. The number of anilines is 1. The van der Waals surface area contributed by atoms with E-state index in [-0.39, 0.29) is 12.5 Å². The molecule has 0 fully saturated rings. The van der Waals surface area contributed by atoms with Crippen molar-refractivity contribution < 1.29 is 4.79 Å². The van der Waals surface area contributed by atoms with Gasteiger partial charge in [-0.3, -0.25) is 4.79 Å². The first-order valence-corrected chi connectivity index (χ1v) is 7.93. The Kier molecular flexibility index (Phi) is 8.30. The minimum atomic E-state index is -0.180. The lowest BCUT2D eigenvalue weighted by atomic mass is 10.1. The molecule has 0 unspecified atom stereocenters. The number of aliphatic imine (C=N–C) groups is 1. The number of terminal acetylenes is 1. The normalized spacial score (nSPS) is 11.0. The first-order valence-electron chi connectivity index (χ1n) is 7.93. The van der Waals surface area contributed by atoms with Crippen molar-refractivity contribution in [2.75, 3.05) is 25.0 Å². The first kappa shape index (κ1) is 18.6. The number of amides is 1. The van der Waals surface area contributed by atoms with Gasteiger partial charge in [-0.15, -0.1) is 6.42 Å². The molecule has 0 aliphatic rings. The van der Waals surface area contributed by atoms with Gasteiger partial charge in [-0.1, -0.05) is 25.8 Å². The summed E-state index contributed by atoms with van der Waals surface area (Å²) in [6.07, 6.45) is 6.40. The van der Waals surface area contributed by atoms with Gasteiger partial charge in [-0.05, 0) is 37.5 Å². The lowest BCUT2D eigenvalue weighted by Gasteiger charge is -2.12. The number of guanidine groups is 1. The first-order chi connectivity index (χ1) is 11.0. The van der Waals surface area contributed by atoms with Crippen LogP contribution in [0, 0.1) is 18.3 Å². The molecule has 0 aromatic heterocycles. The van der Waals surface area contributed by atoms with E-state index in [0.29, 0.717) is 17.6 Å². The molecular weight excluding hydrogens is 288 g/mol. The fourth-order valence-corrected chi connectivity index (χ4v) is 1.86. The van der Waals surface area contributed by atoms with E-state index in [0.717, 1.165) is 25.1 Å². The fourth-order valence-electron chi connectivity index (χ4n) is 1.86. The Bertz CT molecular complexity index is 573. The number of hydrogen-bond donors (Lipinski definition) is 3. The minimum Gasteiger partial charge on any atom is -0.357 e. The van der Waals surface area contributed by atoms with Crippen LogP contribution in [0.3, 0.4) is 0 Å².